The minimum Gasteiger partial charge on any atom is -0.493 e. The molecule has 0 aliphatic carbocycles. The molecule has 0 radical (unpaired) electrons. The zero-order chi connectivity index (χ0) is 13.7. The van der Waals surface area contributed by atoms with Crippen LogP contribution >= 0.6 is 0 Å². The van der Waals surface area contributed by atoms with Gasteiger partial charge in [-0.25, -0.2) is 4.98 Å². The lowest BCUT2D eigenvalue weighted by atomic mass is 10.0. The number of aldehydes is 1. The summed E-state index contributed by atoms with van der Waals surface area (Å²) in [6, 6.07) is 9.20. The highest BCUT2D eigenvalue weighted by Crippen LogP contribution is 2.27. The van der Waals surface area contributed by atoms with Gasteiger partial charge in [-0.05, 0) is 36.2 Å². The molecule has 19 heavy (non-hydrogen) atoms. The fourth-order valence-electron chi connectivity index (χ4n) is 1.81. The van der Waals surface area contributed by atoms with E-state index < -0.39 is 0 Å². The number of hydrogen-bond acceptors (Lipinski definition) is 4. The molecular weight excluding hydrogens is 242 g/mol. The molecule has 0 unspecified atom stereocenters. The second-order valence-corrected chi connectivity index (χ2v) is 3.89. The van der Waals surface area contributed by atoms with Crippen molar-refractivity contribution in [1.29, 1.82) is 0 Å². The normalized spacial score (nSPS) is 10.0. The molecule has 98 valence electrons. The summed E-state index contributed by atoms with van der Waals surface area (Å²) in [6.07, 6.45) is 2.47. The number of benzene rings is 1. The Balaban J connectivity index is 2.42. The number of carbonyl (C=O) groups excluding carboxylic acids is 1. The van der Waals surface area contributed by atoms with Crippen LogP contribution in [0.4, 0.5) is 0 Å². The first-order chi connectivity index (χ1) is 9.28. The maximum absolute atomic E-state index is 11.1. The van der Waals surface area contributed by atoms with E-state index in [9.17, 15) is 4.79 Å². The molecule has 0 saturated carbocycles. The van der Waals surface area contributed by atoms with Crippen molar-refractivity contribution in [1.82, 2.24) is 4.98 Å². The molecule has 0 N–H and O–H groups in total. The number of ether oxygens (including phenoxy) is 2. The molecule has 0 atom stereocenters. The van der Waals surface area contributed by atoms with Crippen molar-refractivity contribution in [2.24, 2.45) is 0 Å². The number of aromatic nitrogens is 1. The van der Waals surface area contributed by atoms with Crippen LogP contribution < -0.4 is 9.47 Å². The topological polar surface area (TPSA) is 48.4 Å². The summed E-state index contributed by atoms with van der Waals surface area (Å²) >= 11 is 0. The predicted octanol–water partition coefficient (Wildman–Crippen LogP) is 2.97. The third-order valence-electron chi connectivity index (χ3n) is 2.71. The van der Waals surface area contributed by atoms with Gasteiger partial charge < -0.3 is 9.47 Å². The molecule has 0 fully saturated rings. The van der Waals surface area contributed by atoms with Crippen molar-refractivity contribution < 1.29 is 14.3 Å². The second kappa shape index (κ2) is 6.00. The van der Waals surface area contributed by atoms with Gasteiger partial charge in [0.25, 0.3) is 0 Å². The number of rotatable bonds is 5. The van der Waals surface area contributed by atoms with Crippen LogP contribution in [0.25, 0.3) is 11.1 Å². The van der Waals surface area contributed by atoms with E-state index >= 15 is 0 Å². The minimum atomic E-state index is 0.531. The predicted molar refractivity (Wildman–Crippen MR) is 72.8 cm³/mol. The fraction of sp³-hybridized carbons (Fsp3) is 0.200. The molecule has 0 spiro atoms. The maximum atomic E-state index is 11.1. The summed E-state index contributed by atoms with van der Waals surface area (Å²) in [5, 5.41) is 0. The average molecular weight is 257 g/mol. The van der Waals surface area contributed by atoms with Gasteiger partial charge in [-0.2, -0.15) is 0 Å². The lowest BCUT2D eigenvalue weighted by Gasteiger charge is -2.09. The van der Waals surface area contributed by atoms with Gasteiger partial charge >= 0.3 is 0 Å². The Kier molecular flexibility index (Phi) is 4.13. The molecule has 0 saturated heterocycles. The van der Waals surface area contributed by atoms with Crippen LogP contribution in [0.5, 0.6) is 11.6 Å². The molecule has 1 aromatic heterocycles. The Morgan fingerprint density at radius 1 is 1.21 bits per heavy atom. The molecule has 0 bridgehead atoms. The van der Waals surface area contributed by atoms with Crippen molar-refractivity contribution in [3.8, 4) is 22.8 Å². The van der Waals surface area contributed by atoms with E-state index in [1.165, 1.54) is 0 Å². The van der Waals surface area contributed by atoms with Gasteiger partial charge in [0, 0.05) is 12.3 Å². The molecule has 2 rings (SSSR count). The van der Waals surface area contributed by atoms with Crippen LogP contribution in [0.15, 0.2) is 36.5 Å². The standard InChI is InChI=1S/C15H15NO3/c1-3-19-14-5-4-11(8-13(14)10-17)12-6-7-16-15(9-12)18-2/h4-10H,3H2,1-2H3. The number of nitrogens with zero attached hydrogens (tertiary/aromatic N) is 1. The number of pyridine rings is 1. The first-order valence-electron chi connectivity index (χ1n) is 6.01. The zero-order valence-electron chi connectivity index (χ0n) is 10.9. The van der Waals surface area contributed by atoms with Crippen molar-refractivity contribution in [3.05, 3.63) is 42.1 Å². The SMILES string of the molecule is CCOc1ccc(-c2ccnc(OC)c2)cc1C=O. The van der Waals surface area contributed by atoms with Gasteiger partial charge in [0.2, 0.25) is 5.88 Å². The fourth-order valence-corrected chi connectivity index (χ4v) is 1.81. The molecule has 2 aromatic rings. The number of carbonyl (C=O) groups is 1. The summed E-state index contributed by atoms with van der Waals surface area (Å²) in [5.41, 5.74) is 2.40. The van der Waals surface area contributed by atoms with Gasteiger partial charge in [0.1, 0.15) is 5.75 Å². The van der Waals surface area contributed by atoms with Gasteiger partial charge in [0.05, 0.1) is 19.3 Å². The van der Waals surface area contributed by atoms with Crippen LogP contribution in [0.3, 0.4) is 0 Å². The monoisotopic (exact) mass is 257 g/mol. The zero-order valence-corrected chi connectivity index (χ0v) is 10.9. The van der Waals surface area contributed by atoms with E-state index in [1.807, 2.05) is 25.1 Å². The Morgan fingerprint density at radius 2 is 2.00 bits per heavy atom. The third-order valence-corrected chi connectivity index (χ3v) is 2.71. The van der Waals surface area contributed by atoms with Gasteiger partial charge in [-0.3, -0.25) is 4.79 Å². The Labute approximate surface area is 112 Å². The lowest BCUT2D eigenvalue weighted by Crippen LogP contribution is -1.96. The van der Waals surface area contributed by atoms with E-state index in [2.05, 4.69) is 4.98 Å². The van der Waals surface area contributed by atoms with Crippen molar-refractivity contribution in [2.45, 2.75) is 6.92 Å². The molecule has 1 heterocycles. The van der Waals surface area contributed by atoms with Gasteiger partial charge in [-0.1, -0.05) is 6.07 Å². The first-order valence-corrected chi connectivity index (χ1v) is 6.01. The Morgan fingerprint density at radius 3 is 2.68 bits per heavy atom. The molecular formula is C15H15NO3. The van der Waals surface area contributed by atoms with E-state index in [-0.39, 0.29) is 0 Å². The van der Waals surface area contributed by atoms with E-state index in [0.29, 0.717) is 23.8 Å². The average Bonchev–Trinajstić information content (AvgIpc) is 2.48. The summed E-state index contributed by atoms with van der Waals surface area (Å²) in [5.74, 6) is 1.14. The van der Waals surface area contributed by atoms with E-state index in [0.717, 1.165) is 17.4 Å². The highest BCUT2D eigenvalue weighted by atomic mass is 16.5. The third kappa shape index (κ3) is 2.91. The Hall–Kier alpha value is -2.36. The second-order valence-electron chi connectivity index (χ2n) is 3.89. The molecule has 4 heteroatoms. The molecule has 0 aliphatic rings. The van der Waals surface area contributed by atoms with Crippen molar-refractivity contribution in [2.75, 3.05) is 13.7 Å². The first kappa shape index (κ1) is 13.1. The van der Waals surface area contributed by atoms with E-state index in [4.69, 9.17) is 9.47 Å². The quantitative estimate of drug-likeness (QED) is 0.773. The number of hydrogen-bond donors (Lipinski definition) is 0. The largest absolute Gasteiger partial charge is 0.493 e. The van der Waals surface area contributed by atoms with Crippen LogP contribution in [0.2, 0.25) is 0 Å². The summed E-state index contributed by atoms with van der Waals surface area (Å²) in [6.45, 7) is 2.42. The Bertz CT molecular complexity index is 581. The van der Waals surface area contributed by atoms with Gasteiger partial charge in [-0.15, -0.1) is 0 Å². The summed E-state index contributed by atoms with van der Waals surface area (Å²) in [7, 11) is 1.57. The summed E-state index contributed by atoms with van der Waals surface area (Å²) in [4.78, 5) is 15.1. The minimum absolute atomic E-state index is 0.531. The summed E-state index contributed by atoms with van der Waals surface area (Å²) < 4.78 is 10.5. The highest BCUT2D eigenvalue weighted by Gasteiger charge is 2.06. The van der Waals surface area contributed by atoms with Crippen LogP contribution in [-0.4, -0.2) is 25.0 Å². The number of methoxy groups -OCH3 is 1. The lowest BCUT2D eigenvalue weighted by molar-refractivity contribution is 0.112. The van der Waals surface area contributed by atoms with Crippen LogP contribution in [-0.2, 0) is 0 Å². The van der Waals surface area contributed by atoms with Crippen LogP contribution in [0.1, 0.15) is 17.3 Å². The molecule has 0 aliphatic heterocycles. The molecule has 4 nitrogen and oxygen atoms in total. The van der Waals surface area contributed by atoms with E-state index in [1.54, 1.807) is 25.4 Å². The van der Waals surface area contributed by atoms with Crippen molar-refractivity contribution >= 4 is 6.29 Å². The molecule has 0 amide bonds. The van der Waals surface area contributed by atoms with Gasteiger partial charge in [0.15, 0.2) is 6.29 Å². The maximum Gasteiger partial charge on any atom is 0.213 e. The molecule has 1 aromatic carbocycles. The van der Waals surface area contributed by atoms with Crippen LogP contribution in [0, 0.1) is 0 Å². The smallest absolute Gasteiger partial charge is 0.213 e. The highest BCUT2D eigenvalue weighted by molar-refractivity contribution is 5.83. The van der Waals surface area contributed by atoms with Crippen molar-refractivity contribution in [3.63, 3.8) is 0 Å².